The van der Waals surface area contributed by atoms with Gasteiger partial charge in [0.15, 0.2) is 12.5 Å². The lowest BCUT2D eigenvalue weighted by molar-refractivity contribution is -0.882. The summed E-state index contributed by atoms with van der Waals surface area (Å²) >= 11 is 0. The second-order valence-corrected chi connectivity index (χ2v) is 8.39. The third kappa shape index (κ3) is 3.38. The van der Waals surface area contributed by atoms with E-state index < -0.39 is 6.17 Å². The molecular weight excluding hydrogens is 351 g/mol. The van der Waals surface area contributed by atoms with Gasteiger partial charge in [-0.2, -0.15) is 4.98 Å². The third-order valence-corrected chi connectivity index (χ3v) is 6.06. The number of alkyl halides is 1. The van der Waals surface area contributed by atoms with E-state index in [0.717, 1.165) is 24.6 Å². The smallest absolute Gasteiger partial charge is 0.338 e. The van der Waals surface area contributed by atoms with Crippen molar-refractivity contribution in [1.82, 2.24) is 24.9 Å². The molecular formula is C18H28FN6O2+. The van der Waals surface area contributed by atoms with Gasteiger partial charge in [0.05, 0.1) is 6.04 Å². The SMILES string of the molecule is Cc1noc(C2CC(F)CN2C[n+]2oc(C3CCC(C)(C)N3C)nc2C)n1. The first-order valence-corrected chi connectivity index (χ1v) is 9.53. The van der Waals surface area contributed by atoms with Gasteiger partial charge in [0.25, 0.3) is 0 Å². The van der Waals surface area contributed by atoms with Gasteiger partial charge in [-0.25, -0.2) is 9.29 Å². The van der Waals surface area contributed by atoms with Crippen molar-refractivity contribution >= 4 is 0 Å². The van der Waals surface area contributed by atoms with Crippen molar-refractivity contribution in [1.29, 1.82) is 0 Å². The van der Waals surface area contributed by atoms with Crippen molar-refractivity contribution in [3.63, 3.8) is 0 Å². The number of halogens is 1. The highest BCUT2D eigenvalue weighted by molar-refractivity contribution is 5.01. The summed E-state index contributed by atoms with van der Waals surface area (Å²) in [6.45, 7) is 8.87. The Balaban J connectivity index is 1.53. The van der Waals surface area contributed by atoms with Crippen LogP contribution in [0.4, 0.5) is 4.39 Å². The van der Waals surface area contributed by atoms with Gasteiger partial charge >= 0.3 is 11.7 Å². The standard InChI is InChI=1S/C18H28FN6O2/c1-11-20-16(26-22-11)15-8-13(19)9-24(15)10-25-12(2)21-17(27-25)14-6-7-18(3,4)23(14)5/h13-15H,6-10H2,1-5H3/q+1. The molecule has 3 atom stereocenters. The van der Waals surface area contributed by atoms with Crippen LogP contribution in [0.5, 0.6) is 0 Å². The highest BCUT2D eigenvalue weighted by atomic mass is 19.1. The Morgan fingerprint density at radius 3 is 2.63 bits per heavy atom. The van der Waals surface area contributed by atoms with Gasteiger partial charge in [-0.1, -0.05) is 9.90 Å². The van der Waals surface area contributed by atoms with Gasteiger partial charge in [0, 0.05) is 25.4 Å². The zero-order chi connectivity index (χ0) is 19.3. The van der Waals surface area contributed by atoms with Gasteiger partial charge in [-0.3, -0.25) is 9.42 Å². The number of aromatic nitrogens is 4. The molecule has 2 aliphatic rings. The Hall–Kier alpha value is -1.87. The van der Waals surface area contributed by atoms with E-state index >= 15 is 0 Å². The maximum Gasteiger partial charge on any atom is 0.370 e. The van der Waals surface area contributed by atoms with Crippen molar-refractivity contribution in [2.24, 2.45) is 0 Å². The van der Waals surface area contributed by atoms with Crippen molar-refractivity contribution in [3.8, 4) is 0 Å². The van der Waals surface area contributed by atoms with Gasteiger partial charge < -0.3 is 4.52 Å². The van der Waals surface area contributed by atoms with Crippen LogP contribution in [0.25, 0.3) is 0 Å². The Labute approximate surface area is 158 Å². The molecule has 0 saturated carbocycles. The van der Waals surface area contributed by atoms with Gasteiger partial charge in [-0.05, 0) is 45.6 Å². The van der Waals surface area contributed by atoms with Crippen LogP contribution in [0.2, 0.25) is 0 Å². The maximum atomic E-state index is 14.1. The number of likely N-dealkylation sites (tertiary alicyclic amines) is 2. The molecule has 4 heterocycles. The molecule has 0 aromatic carbocycles. The van der Waals surface area contributed by atoms with Crippen LogP contribution in [0, 0.1) is 13.8 Å². The molecule has 4 rings (SSSR count). The topological polar surface area (TPSA) is 75.3 Å². The summed E-state index contributed by atoms with van der Waals surface area (Å²) in [4.78, 5) is 13.2. The normalized spacial score (nSPS) is 29.0. The Morgan fingerprint density at radius 1 is 1.22 bits per heavy atom. The first kappa shape index (κ1) is 18.5. The molecule has 2 aromatic heterocycles. The summed E-state index contributed by atoms with van der Waals surface area (Å²) in [6, 6.07) is -0.0726. The van der Waals surface area contributed by atoms with E-state index in [-0.39, 0.29) is 17.6 Å². The number of rotatable bonds is 4. The van der Waals surface area contributed by atoms with E-state index in [1.54, 1.807) is 11.7 Å². The second-order valence-electron chi connectivity index (χ2n) is 8.39. The van der Waals surface area contributed by atoms with Crippen LogP contribution in [-0.2, 0) is 6.67 Å². The van der Waals surface area contributed by atoms with Crippen LogP contribution in [0.15, 0.2) is 9.05 Å². The molecule has 2 aliphatic heterocycles. The Kier molecular flexibility index (Phi) is 4.54. The molecule has 0 N–H and O–H groups in total. The number of nitrogens with zero attached hydrogens (tertiary/aromatic N) is 6. The summed E-state index contributed by atoms with van der Waals surface area (Å²) in [5.41, 5.74) is 0.134. The maximum absolute atomic E-state index is 14.1. The minimum absolute atomic E-state index is 0.134. The summed E-state index contributed by atoms with van der Waals surface area (Å²) in [5, 5.41) is 3.84. The number of aryl methyl sites for hydroxylation is 2. The van der Waals surface area contributed by atoms with E-state index in [4.69, 9.17) is 9.05 Å². The van der Waals surface area contributed by atoms with Crippen molar-refractivity contribution in [3.05, 3.63) is 23.4 Å². The monoisotopic (exact) mass is 379 g/mol. The van der Waals surface area contributed by atoms with Crippen LogP contribution in [0.1, 0.15) is 68.6 Å². The highest BCUT2D eigenvalue weighted by Gasteiger charge is 2.44. The zero-order valence-electron chi connectivity index (χ0n) is 16.6. The van der Waals surface area contributed by atoms with E-state index in [0.29, 0.717) is 31.3 Å². The molecule has 3 unspecified atom stereocenters. The summed E-state index contributed by atoms with van der Waals surface area (Å²) in [7, 11) is 2.11. The lowest BCUT2D eigenvalue weighted by Crippen LogP contribution is -2.44. The van der Waals surface area contributed by atoms with Crippen molar-refractivity contribution in [2.45, 2.75) is 77.4 Å². The predicted octanol–water partition coefficient (Wildman–Crippen LogP) is 2.25. The Bertz CT molecular complexity index is 819. The molecule has 148 valence electrons. The fraction of sp³-hybridized carbons (Fsp3) is 0.778. The van der Waals surface area contributed by atoms with Crippen molar-refractivity contribution < 1.29 is 18.2 Å². The molecule has 0 aliphatic carbocycles. The minimum Gasteiger partial charge on any atom is -0.338 e. The molecule has 0 radical (unpaired) electrons. The molecule has 0 bridgehead atoms. The third-order valence-electron chi connectivity index (χ3n) is 6.06. The predicted molar refractivity (Wildman–Crippen MR) is 93.2 cm³/mol. The zero-order valence-corrected chi connectivity index (χ0v) is 16.6. The molecule has 2 aromatic rings. The van der Waals surface area contributed by atoms with E-state index in [1.807, 2.05) is 11.8 Å². The summed E-state index contributed by atoms with van der Waals surface area (Å²) < 4.78 is 27.2. The largest absolute Gasteiger partial charge is 0.370 e. The molecule has 0 spiro atoms. The van der Waals surface area contributed by atoms with E-state index in [9.17, 15) is 4.39 Å². The van der Waals surface area contributed by atoms with Gasteiger partial charge in [0.2, 0.25) is 5.89 Å². The highest BCUT2D eigenvalue weighted by Crippen LogP contribution is 2.40. The molecule has 27 heavy (non-hydrogen) atoms. The molecule has 0 amide bonds. The lowest BCUT2D eigenvalue weighted by Gasteiger charge is -2.29. The van der Waals surface area contributed by atoms with E-state index in [2.05, 4.69) is 40.9 Å². The first-order valence-electron chi connectivity index (χ1n) is 9.53. The lowest BCUT2D eigenvalue weighted by atomic mass is 10.0. The van der Waals surface area contributed by atoms with Crippen LogP contribution in [-0.4, -0.2) is 50.2 Å². The first-order chi connectivity index (χ1) is 12.7. The number of hydrogen-bond acceptors (Lipinski definition) is 7. The van der Waals surface area contributed by atoms with E-state index in [1.165, 1.54) is 0 Å². The Morgan fingerprint density at radius 2 is 2.00 bits per heavy atom. The molecule has 8 nitrogen and oxygen atoms in total. The van der Waals surface area contributed by atoms with Gasteiger partial charge in [-0.15, -0.1) is 0 Å². The fourth-order valence-electron chi connectivity index (χ4n) is 4.13. The van der Waals surface area contributed by atoms with Crippen LogP contribution in [0.3, 0.4) is 0 Å². The minimum atomic E-state index is -0.924. The van der Waals surface area contributed by atoms with Crippen LogP contribution < -0.4 is 4.74 Å². The average Bonchev–Trinajstić information content (AvgIpc) is 3.32. The van der Waals surface area contributed by atoms with Crippen LogP contribution >= 0.6 is 0 Å². The van der Waals surface area contributed by atoms with Gasteiger partial charge in [0.1, 0.15) is 12.2 Å². The molecule has 9 heteroatoms. The molecule has 2 saturated heterocycles. The molecule has 2 fully saturated rings. The average molecular weight is 379 g/mol. The summed E-state index contributed by atoms with van der Waals surface area (Å²) in [5.74, 6) is 2.53. The number of hydrogen-bond donors (Lipinski definition) is 0. The van der Waals surface area contributed by atoms with Crippen molar-refractivity contribution in [2.75, 3.05) is 13.6 Å². The fourth-order valence-corrected chi connectivity index (χ4v) is 4.13. The quantitative estimate of drug-likeness (QED) is 0.754. The summed E-state index contributed by atoms with van der Waals surface area (Å²) in [6.07, 6.45) is 1.54. The second kappa shape index (κ2) is 6.63.